The molecule has 1 aromatic rings. The van der Waals surface area contributed by atoms with Gasteiger partial charge in [0.2, 0.25) is 0 Å². The monoisotopic (exact) mass is 204 g/mol. The summed E-state index contributed by atoms with van der Waals surface area (Å²) >= 11 is 0. The van der Waals surface area contributed by atoms with Crippen molar-refractivity contribution in [1.29, 1.82) is 5.26 Å². The molecule has 1 amide bonds. The lowest BCUT2D eigenvalue weighted by Crippen LogP contribution is -2.30. The number of rotatable bonds is 3. The van der Waals surface area contributed by atoms with Gasteiger partial charge < -0.3 is 5.11 Å². The Balaban J connectivity index is 3.11. The van der Waals surface area contributed by atoms with Crippen molar-refractivity contribution in [3.05, 3.63) is 29.8 Å². The van der Waals surface area contributed by atoms with E-state index < -0.39 is 6.09 Å². The summed E-state index contributed by atoms with van der Waals surface area (Å²) in [4.78, 5) is 12.2. The number of anilines is 1. The molecule has 4 nitrogen and oxygen atoms in total. The predicted octanol–water partition coefficient (Wildman–Crippen LogP) is 2.45. The number of carbonyl (C=O) groups is 1. The second kappa shape index (κ2) is 5.01. The number of benzene rings is 1. The maximum absolute atomic E-state index is 11.0. The number of carboxylic acid groups (broad SMARTS) is 1. The Morgan fingerprint density at radius 3 is 2.73 bits per heavy atom. The van der Waals surface area contributed by atoms with Crippen molar-refractivity contribution in [3.8, 4) is 6.07 Å². The van der Waals surface area contributed by atoms with Gasteiger partial charge in [-0.2, -0.15) is 5.26 Å². The lowest BCUT2D eigenvalue weighted by Gasteiger charge is -2.19. The van der Waals surface area contributed by atoms with Crippen LogP contribution >= 0.6 is 0 Å². The highest BCUT2D eigenvalue weighted by atomic mass is 16.4. The van der Waals surface area contributed by atoms with Crippen LogP contribution in [0.5, 0.6) is 0 Å². The smallest absolute Gasteiger partial charge is 0.411 e. The molecule has 0 aromatic heterocycles. The summed E-state index contributed by atoms with van der Waals surface area (Å²) in [5.41, 5.74) is 0.836. The topological polar surface area (TPSA) is 64.3 Å². The van der Waals surface area contributed by atoms with Crippen LogP contribution in [0.15, 0.2) is 24.3 Å². The molecule has 0 fully saturated rings. The minimum atomic E-state index is -1.03. The largest absolute Gasteiger partial charge is 0.465 e. The highest BCUT2D eigenvalue weighted by Crippen LogP contribution is 2.19. The van der Waals surface area contributed by atoms with Crippen LogP contribution in [0, 0.1) is 11.3 Å². The van der Waals surface area contributed by atoms with Crippen molar-refractivity contribution in [3.63, 3.8) is 0 Å². The fraction of sp³-hybridized carbons (Fsp3) is 0.273. The molecule has 4 heteroatoms. The summed E-state index contributed by atoms with van der Waals surface area (Å²) < 4.78 is 0. The molecule has 0 aliphatic carbocycles. The fourth-order valence-corrected chi connectivity index (χ4v) is 1.35. The van der Waals surface area contributed by atoms with Crippen LogP contribution in [0.2, 0.25) is 0 Å². The van der Waals surface area contributed by atoms with E-state index in [2.05, 4.69) is 0 Å². The van der Waals surface area contributed by atoms with E-state index in [-0.39, 0.29) is 0 Å². The first-order valence-electron chi connectivity index (χ1n) is 4.70. The number of nitrogens with zero attached hydrogens (tertiary/aromatic N) is 2. The molecule has 0 saturated heterocycles. The van der Waals surface area contributed by atoms with E-state index in [0.717, 1.165) is 0 Å². The number of amides is 1. The first-order valence-corrected chi connectivity index (χ1v) is 4.70. The van der Waals surface area contributed by atoms with Crippen LogP contribution in [0.25, 0.3) is 0 Å². The van der Waals surface area contributed by atoms with Crippen molar-refractivity contribution < 1.29 is 9.90 Å². The third-order valence-electron chi connectivity index (χ3n) is 1.99. The molecule has 1 aromatic carbocycles. The molecule has 0 radical (unpaired) electrons. The third kappa shape index (κ3) is 2.47. The molecule has 78 valence electrons. The highest BCUT2D eigenvalue weighted by Gasteiger charge is 2.15. The zero-order valence-corrected chi connectivity index (χ0v) is 8.47. The van der Waals surface area contributed by atoms with Gasteiger partial charge in [0, 0.05) is 6.54 Å². The summed E-state index contributed by atoms with van der Waals surface area (Å²) in [6.45, 7) is 2.29. The minimum Gasteiger partial charge on any atom is -0.465 e. The van der Waals surface area contributed by atoms with Crippen LogP contribution in [-0.4, -0.2) is 17.7 Å². The standard InChI is InChI=1S/C11H12N2O2/c1-2-7-13(11(14)15)10-6-4-3-5-9(10)8-12/h3-6H,2,7H2,1H3,(H,14,15). The summed E-state index contributed by atoms with van der Waals surface area (Å²) in [7, 11) is 0. The average molecular weight is 204 g/mol. The van der Waals surface area contributed by atoms with Crippen LogP contribution < -0.4 is 4.90 Å². The molecule has 0 saturated carbocycles. The Morgan fingerprint density at radius 1 is 1.53 bits per heavy atom. The molecule has 1 N–H and O–H groups in total. The number of hydrogen-bond acceptors (Lipinski definition) is 2. The van der Waals surface area contributed by atoms with E-state index in [9.17, 15) is 4.79 Å². The fourth-order valence-electron chi connectivity index (χ4n) is 1.35. The zero-order chi connectivity index (χ0) is 11.3. The van der Waals surface area contributed by atoms with Crippen molar-refractivity contribution in [2.45, 2.75) is 13.3 Å². The first-order chi connectivity index (χ1) is 7.20. The molecule has 0 unspecified atom stereocenters. The Labute approximate surface area is 88.4 Å². The lowest BCUT2D eigenvalue weighted by atomic mass is 10.2. The molecule has 0 heterocycles. The molecule has 15 heavy (non-hydrogen) atoms. The van der Waals surface area contributed by atoms with Gasteiger partial charge in [0.05, 0.1) is 11.3 Å². The van der Waals surface area contributed by atoms with Gasteiger partial charge in [0.25, 0.3) is 0 Å². The molecular weight excluding hydrogens is 192 g/mol. The maximum Gasteiger partial charge on any atom is 0.411 e. The Morgan fingerprint density at radius 2 is 2.20 bits per heavy atom. The van der Waals surface area contributed by atoms with Crippen LogP contribution in [0.3, 0.4) is 0 Å². The SMILES string of the molecule is CCCN(C(=O)O)c1ccccc1C#N. The van der Waals surface area contributed by atoms with Gasteiger partial charge in [0.1, 0.15) is 6.07 Å². The third-order valence-corrected chi connectivity index (χ3v) is 1.99. The van der Waals surface area contributed by atoms with Crippen LogP contribution in [-0.2, 0) is 0 Å². The van der Waals surface area contributed by atoms with Crippen LogP contribution in [0.1, 0.15) is 18.9 Å². The van der Waals surface area contributed by atoms with E-state index in [0.29, 0.717) is 24.2 Å². The van der Waals surface area contributed by atoms with Gasteiger partial charge in [-0.05, 0) is 18.6 Å². The van der Waals surface area contributed by atoms with Gasteiger partial charge in [-0.3, -0.25) is 4.90 Å². The van der Waals surface area contributed by atoms with Crippen molar-refractivity contribution in [2.24, 2.45) is 0 Å². The molecule has 0 bridgehead atoms. The van der Waals surface area contributed by atoms with Gasteiger partial charge in [-0.15, -0.1) is 0 Å². The predicted molar refractivity (Wildman–Crippen MR) is 56.8 cm³/mol. The minimum absolute atomic E-state index is 0.383. The van der Waals surface area contributed by atoms with Crippen molar-refractivity contribution in [1.82, 2.24) is 0 Å². The summed E-state index contributed by atoms with van der Waals surface area (Å²) in [5.74, 6) is 0. The Kier molecular flexibility index (Phi) is 3.69. The molecule has 0 aliphatic rings. The first kappa shape index (κ1) is 11.1. The second-order valence-electron chi connectivity index (χ2n) is 3.06. The molecular formula is C11H12N2O2. The average Bonchev–Trinajstić information content (AvgIpc) is 2.25. The molecule has 0 atom stereocenters. The van der Waals surface area contributed by atoms with E-state index in [1.54, 1.807) is 24.3 Å². The normalized spacial score (nSPS) is 9.33. The van der Waals surface area contributed by atoms with Gasteiger partial charge in [0.15, 0.2) is 0 Å². The number of hydrogen-bond donors (Lipinski definition) is 1. The summed E-state index contributed by atoms with van der Waals surface area (Å²) in [5, 5.41) is 17.8. The maximum atomic E-state index is 11.0. The highest BCUT2D eigenvalue weighted by molar-refractivity contribution is 5.87. The molecule has 0 aliphatic heterocycles. The summed E-state index contributed by atoms with van der Waals surface area (Å²) in [6.07, 6.45) is -0.314. The lowest BCUT2D eigenvalue weighted by molar-refractivity contribution is 0.202. The summed E-state index contributed by atoms with van der Waals surface area (Å²) in [6, 6.07) is 8.68. The quantitative estimate of drug-likeness (QED) is 0.822. The second-order valence-corrected chi connectivity index (χ2v) is 3.06. The van der Waals surface area contributed by atoms with E-state index in [1.807, 2.05) is 13.0 Å². The molecule has 1 rings (SSSR count). The Bertz CT molecular complexity index is 396. The van der Waals surface area contributed by atoms with Gasteiger partial charge in [-0.1, -0.05) is 19.1 Å². The van der Waals surface area contributed by atoms with Gasteiger partial charge >= 0.3 is 6.09 Å². The van der Waals surface area contributed by atoms with Crippen LogP contribution in [0.4, 0.5) is 10.5 Å². The van der Waals surface area contributed by atoms with Crippen molar-refractivity contribution in [2.75, 3.05) is 11.4 Å². The van der Waals surface area contributed by atoms with E-state index in [4.69, 9.17) is 10.4 Å². The van der Waals surface area contributed by atoms with Gasteiger partial charge in [-0.25, -0.2) is 4.79 Å². The molecule has 0 spiro atoms. The zero-order valence-electron chi connectivity index (χ0n) is 8.47. The number of para-hydroxylation sites is 1. The Hall–Kier alpha value is -2.02. The number of nitriles is 1. The van der Waals surface area contributed by atoms with E-state index in [1.165, 1.54) is 4.90 Å². The van der Waals surface area contributed by atoms with Crippen molar-refractivity contribution >= 4 is 11.8 Å². The van der Waals surface area contributed by atoms with E-state index >= 15 is 0 Å².